The summed E-state index contributed by atoms with van der Waals surface area (Å²) < 4.78 is 11.3. The van der Waals surface area contributed by atoms with Crippen molar-refractivity contribution < 1.29 is 19.1 Å². The average Bonchev–Trinajstić information content (AvgIpc) is 3.24. The zero-order valence-corrected chi connectivity index (χ0v) is 18.4. The van der Waals surface area contributed by atoms with E-state index in [-0.39, 0.29) is 4.88 Å². The highest BCUT2D eigenvalue weighted by atomic mass is 32.1. The normalized spacial score (nSPS) is 19.5. The van der Waals surface area contributed by atoms with Crippen molar-refractivity contribution in [3.63, 3.8) is 0 Å². The number of Topliss-reactive ketones (excluding diaryl/α,β-unsaturated/α-hetero) is 1. The van der Waals surface area contributed by atoms with Crippen LogP contribution in [0.25, 0.3) is 10.1 Å². The number of esters is 1. The first-order valence-corrected chi connectivity index (χ1v) is 10.9. The summed E-state index contributed by atoms with van der Waals surface area (Å²) in [5, 5.41) is 0.599. The number of ether oxygens (including phenoxy) is 2. The van der Waals surface area contributed by atoms with Crippen LogP contribution in [0.1, 0.15) is 32.5 Å². The maximum atomic E-state index is 13.6. The number of ketones is 1. The molecule has 6 N–H and O–H groups in total. The van der Waals surface area contributed by atoms with Crippen LogP contribution in [0.2, 0.25) is 0 Å². The van der Waals surface area contributed by atoms with Gasteiger partial charge in [-0.1, -0.05) is 24.3 Å². The molecule has 166 valence electrons. The summed E-state index contributed by atoms with van der Waals surface area (Å²) in [4.78, 5) is 30.7. The van der Waals surface area contributed by atoms with Crippen molar-refractivity contribution in [1.82, 2.24) is 4.98 Å². The highest BCUT2D eigenvalue weighted by Crippen LogP contribution is 2.49. The Morgan fingerprint density at radius 3 is 2.52 bits per heavy atom. The molecule has 2 aromatic heterocycles. The molecule has 0 aliphatic heterocycles. The zero-order valence-electron chi connectivity index (χ0n) is 17.6. The van der Waals surface area contributed by atoms with Crippen LogP contribution in [0.3, 0.4) is 0 Å². The van der Waals surface area contributed by atoms with E-state index in [4.69, 9.17) is 26.7 Å². The highest BCUT2D eigenvalue weighted by molar-refractivity contribution is 7.21. The molecule has 0 saturated carbocycles. The van der Waals surface area contributed by atoms with Crippen molar-refractivity contribution in [2.24, 2.45) is 11.5 Å². The number of aromatic nitrogens is 1. The minimum atomic E-state index is -1.63. The molecule has 2 heterocycles. The summed E-state index contributed by atoms with van der Waals surface area (Å²) in [7, 11) is 1.27. The summed E-state index contributed by atoms with van der Waals surface area (Å²) in [6.07, 6.45) is 1.51. The number of methoxy groups -OCH3 is 1. The monoisotopic (exact) mass is 460 g/mol. The Morgan fingerprint density at radius 1 is 1.09 bits per heavy atom. The fourth-order valence-electron chi connectivity index (χ4n) is 4.19. The van der Waals surface area contributed by atoms with Crippen LogP contribution >= 0.6 is 11.3 Å². The largest absolute Gasteiger partial charge is 0.465 e. The third kappa shape index (κ3) is 3.09. The van der Waals surface area contributed by atoms with Gasteiger partial charge in [0.25, 0.3) is 0 Å². The number of hydrogen-bond donors (Lipinski definition) is 3. The van der Waals surface area contributed by atoms with Gasteiger partial charge >= 0.3 is 5.97 Å². The van der Waals surface area contributed by atoms with E-state index in [0.29, 0.717) is 44.1 Å². The summed E-state index contributed by atoms with van der Waals surface area (Å²) in [6, 6.07) is 14.8. The predicted octanol–water partition coefficient (Wildman–Crippen LogP) is 3.24. The Balaban J connectivity index is 1.66. The smallest absolute Gasteiger partial charge is 0.348 e. The molecule has 0 fully saturated rings. The topological polar surface area (TPSA) is 144 Å². The maximum Gasteiger partial charge on any atom is 0.348 e. The molecule has 0 bridgehead atoms. The van der Waals surface area contributed by atoms with Crippen LogP contribution in [0, 0.1) is 0 Å². The third-order valence-electron chi connectivity index (χ3n) is 5.80. The molecule has 33 heavy (non-hydrogen) atoms. The fourth-order valence-corrected chi connectivity index (χ4v) is 5.41. The summed E-state index contributed by atoms with van der Waals surface area (Å²) in [5.74, 6) is 0.0928. The second-order valence-electron chi connectivity index (χ2n) is 7.69. The number of rotatable bonds is 4. The molecule has 0 radical (unpaired) electrons. The van der Waals surface area contributed by atoms with Gasteiger partial charge in [0.05, 0.1) is 29.7 Å². The molecular weight excluding hydrogens is 440 g/mol. The number of hydrogen-bond acceptors (Lipinski definition) is 9. The molecular formula is C24H20N4O4S. The molecule has 9 heteroatoms. The summed E-state index contributed by atoms with van der Waals surface area (Å²) >= 11 is 1.14. The van der Waals surface area contributed by atoms with Gasteiger partial charge < -0.3 is 26.7 Å². The lowest BCUT2D eigenvalue weighted by Gasteiger charge is -2.35. The first-order chi connectivity index (χ1) is 15.9. The SMILES string of the molecule is COC(=O)c1sc2c(N)ccc3c2c1C(N)C(=O)C3(N)c1ccc(Oc2ccccc2)cn1. The first-order valence-electron chi connectivity index (χ1n) is 10.1. The van der Waals surface area contributed by atoms with Gasteiger partial charge in [0, 0.05) is 16.6 Å². The van der Waals surface area contributed by atoms with Crippen molar-refractivity contribution in [2.75, 3.05) is 12.8 Å². The Bertz CT molecular complexity index is 1400. The lowest BCUT2D eigenvalue weighted by atomic mass is 9.72. The summed E-state index contributed by atoms with van der Waals surface area (Å²) in [5.41, 5.74) is 19.3. The van der Waals surface area contributed by atoms with Crippen LogP contribution in [-0.2, 0) is 15.1 Å². The number of carbonyl (C=O) groups excluding carboxylic acids is 2. The molecule has 1 aliphatic rings. The van der Waals surface area contributed by atoms with Gasteiger partial charge in [-0.3, -0.25) is 9.78 Å². The van der Waals surface area contributed by atoms with Gasteiger partial charge in [-0.25, -0.2) is 4.79 Å². The van der Waals surface area contributed by atoms with Gasteiger partial charge in [0.1, 0.15) is 21.9 Å². The Kier molecular flexibility index (Phi) is 4.89. The Hall–Kier alpha value is -3.79. The zero-order chi connectivity index (χ0) is 23.3. The van der Waals surface area contributed by atoms with Gasteiger partial charge in [-0.2, -0.15) is 0 Å². The number of thiophene rings is 1. The van der Waals surface area contributed by atoms with Gasteiger partial charge in [0.15, 0.2) is 5.78 Å². The number of pyridine rings is 1. The second kappa shape index (κ2) is 7.66. The fraction of sp³-hybridized carbons (Fsp3) is 0.125. The van der Waals surface area contributed by atoms with E-state index in [1.807, 2.05) is 30.3 Å². The first kappa shape index (κ1) is 21.1. The van der Waals surface area contributed by atoms with Crippen molar-refractivity contribution in [3.05, 3.63) is 82.5 Å². The van der Waals surface area contributed by atoms with Crippen molar-refractivity contribution >= 4 is 38.9 Å². The quantitative estimate of drug-likeness (QED) is 0.311. The van der Waals surface area contributed by atoms with E-state index in [1.54, 1.807) is 24.3 Å². The summed E-state index contributed by atoms with van der Waals surface area (Å²) in [6.45, 7) is 0. The number of nitrogen functional groups attached to an aromatic ring is 1. The van der Waals surface area contributed by atoms with E-state index in [2.05, 4.69) is 4.98 Å². The van der Waals surface area contributed by atoms with E-state index >= 15 is 0 Å². The molecule has 0 amide bonds. The average molecular weight is 461 g/mol. The number of nitrogens with two attached hydrogens (primary N) is 3. The van der Waals surface area contributed by atoms with E-state index < -0.39 is 23.3 Å². The van der Waals surface area contributed by atoms with Crippen LogP contribution in [0.15, 0.2) is 60.8 Å². The third-order valence-corrected chi connectivity index (χ3v) is 7.04. The standard InChI is InChI=1S/C24H20N4O4S/c1-31-23(30)21-18-17-14(8-9-15(25)20(17)33-21)24(27,22(29)19(18)26)16-10-7-13(11-28-16)32-12-5-3-2-4-6-12/h2-11,19H,25-27H2,1H3. The molecule has 0 spiro atoms. The molecule has 2 unspecified atom stereocenters. The van der Waals surface area contributed by atoms with E-state index in [0.717, 1.165) is 11.3 Å². The highest BCUT2D eigenvalue weighted by Gasteiger charge is 2.49. The van der Waals surface area contributed by atoms with E-state index in [1.165, 1.54) is 13.3 Å². The molecule has 4 aromatic rings. The molecule has 8 nitrogen and oxygen atoms in total. The minimum absolute atomic E-state index is 0.245. The number of anilines is 1. The molecule has 0 saturated heterocycles. The maximum absolute atomic E-state index is 13.6. The van der Waals surface area contributed by atoms with Crippen LogP contribution in [0.4, 0.5) is 5.69 Å². The van der Waals surface area contributed by atoms with Crippen LogP contribution in [-0.4, -0.2) is 23.8 Å². The van der Waals surface area contributed by atoms with Gasteiger partial charge in [-0.05, 0) is 35.9 Å². The number of benzene rings is 2. The predicted molar refractivity (Wildman–Crippen MR) is 125 cm³/mol. The van der Waals surface area contributed by atoms with Crippen molar-refractivity contribution in [3.8, 4) is 11.5 Å². The van der Waals surface area contributed by atoms with E-state index in [9.17, 15) is 9.59 Å². The molecule has 2 atom stereocenters. The van der Waals surface area contributed by atoms with Gasteiger partial charge in [-0.15, -0.1) is 11.3 Å². The van der Waals surface area contributed by atoms with Crippen LogP contribution < -0.4 is 21.9 Å². The lowest BCUT2D eigenvalue weighted by Crippen LogP contribution is -2.53. The molecule has 5 rings (SSSR count). The van der Waals surface area contributed by atoms with Crippen LogP contribution in [0.5, 0.6) is 11.5 Å². The second-order valence-corrected chi connectivity index (χ2v) is 8.71. The van der Waals surface area contributed by atoms with Gasteiger partial charge in [0.2, 0.25) is 0 Å². The lowest BCUT2D eigenvalue weighted by molar-refractivity contribution is -0.124. The number of nitrogens with zero attached hydrogens (tertiary/aromatic N) is 1. The molecule has 2 aromatic carbocycles. The Morgan fingerprint density at radius 2 is 1.85 bits per heavy atom. The minimum Gasteiger partial charge on any atom is -0.465 e. The Labute approximate surface area is 192 Å². The van der Waals surface area contributed by atoms with Crippen molar-refractivity contribution in [1.29, 1.82) is 0 Å². The number of para-hydroxylation sites is 1. The molecule has 1 aliphatic carbocycles. The van der Waals surface area contributed by atoms with Crippen molar-refractivity contribution in [2.45, 2.75) is 11.6 Å². The number of carbonyl (C=O) groups is 2.